The van der Waals surface area contributed by atoms with E-state index in [-0.39, 0.29) is 19.0 Å². The molecule has 108 valence electrons. The highest BCUT2D eigenvalue weighted by Crippen LogP contribution is 2.24. The van der Waals surface area contributed by atoms with Crippen LogP contribution in [0.2, 0.25) is 0 Å². The van der Waals surface area contributed by atoms with E-state index >= 15 is 0 Å². The molecule has 0 aliphatic rings. The molecule has 0 fully saturated rings. The summed E-state index contributed by atoms with van der Waals surface area (Å²) < 4.78 is 24.4. The minimum atomic E-state index is -0.291. The molecule has 0 bridgehead atoms. The molecule has 0 aliphatic heterocycles. The van der Waals surface area contributed by atoms with Crippen molar-refractivity contribution in [2.45, 2.75) is 6.61 Å². The molecule has 2 rings (SSSR count). The Bertz CT molecular complexity index is 674. The Morgan fingerprint density at radius 2 is 2.00 bits per heavy atom. The maximum atomic E-state index is 13.6. The van der Waals surface area contributed by atoms with E-state index in [1.54, 1.807) is 43.5 Å². The first kappa shape index (κ1) is 14.9. The highest BCUT2D eigenvalue weighted by Gasteiger charge is 2.06. The monoisotopic (exact) mass is 285 g/mol. The first-order valence-electron chi connectivity index (χ1n) is 6.47. The number of hydrogen-bond acceptors (Lipinski definition) is 3. The predicted octanol–water partition coefficient (Wildman–Crippen LogP) is 2.72. The van der Waals surface area contributed by atoms with Gasteiger partial charge in [-0.05, 0) is 24.3 Å². The Balaban J connectivity index is 2.21. The van der Waals surface area contributed by atoms with Crippen molar-refractivity contribution in [2.24, 2.45) is 5.73 Å². The Hall–Kier alpha value is -2.51. The smallest absolute Gasteiger partial charge is 0.135 e. The lowest BCUT2D eigenvalue weighted by atomic mass is 10.2. The maximum Gasteiger partial charge on any atom is 0.135 e. The molecule has 0 spiro atoms. The Morgan fingerprint density at radius 3 is 2.71 bits per heavy atom. The number of nitrogens with two attached hydrogens (primary N) is 1. The van der Waals surface area contributed by atoms with Crippen LogP contribution >= 0.6 is 0 Å². The molecule has 21 heavy (non-hydrogen) atoms. The molecule has 0 saturated heterocycles. The fourth-order valence-electron chi connectivity index (χ4n) is 1.78. The molecule has 0 atom stereocenters. The maximum absolute atomic E-state index is 13.6. The Labute approximate surface area is 123 Å². The van der Waals surface area contributed by atoms with E-state index in [1.807, 2.05) is 0 Å². The average molecular weight is 285 g/mol. The molecular formula is C17H16FNO2. The van der Waals surface area contributed by atoms with Crippen LogP contribution in [0.4, 0.5) is 4.39 Å². The number of benzene rings is 2. The molecule has 0 unspecified atom stereocenters. The molecule has 4 heteroatoms. The highest BCUT2D eigenvalue weighted by molar-refractivity contribution is 5.50. The number of halogens is 1. The van der Waals surface area contributed by atoms with E-state index in [0.29, 0.717) is 22.6 Å². The van der Waals surface area contributed by atoms with E-state index in [0.717, 1.165) is 0 Å². The van der Waals surface area contributed by atoms with Crippen molar-refractivity contribution in [1.82, 2.24) is 0 Å². The lowest BCUT2D eigenvalue weighted by Gasteiger charge is -2.10. The van der Waals surface area contributed by atoms with Gasteiger partial charge in [-0.3, -0.25) is 0 Å². The molecule has 0 saturated carbocycles. The number of ether oxygens (including phenoxy) is 2. The second kappa shape index (κ2) is 7.32. The zero-order valence-electron chi connectivity index (χ0n) is 11.7. The topological polar surface area (TPSA) is 44.5 Å². The third kappa shape index (κ3) is 3.98. The average Bonchev–Trinajstić information content (AvgIpc) is 2.52. The van der Waals surface area contributed by atoms with E-state index in [4.69, 9.17) is 15.2 Å². The molecule has 0 amide bonds. The number of rotatable bonds is 4. The summed E-state index contributed by atoms with van der Waals surface area (Å²) in [6.45, 7) is 0.389. The van der Waals surface area contributed by atoms with Crippen LogP contribution in [0.3, 0.4) is 0 Å². The Morgan fingerprint density at radius 1 is 1.19 bits per heavy atom. The molecule has 0 heterocycles. The van der Waals surface area contributed by atoms with E-state index < -0.39 is 0 Å². The van der Waals surface area contributed by atoms with Crippen LogP contribution in [-0.2, 0) is 6.61 Å². The first-order chi connectivity index (χ1) is 10.2. The van der Waals surface area contributed by atoms with Gasteiger partial charge in [-0.25, -0.2) is 4.39 Å². The second-order valence-corrected chi connectivity index (χ2v) is 4.25. The number of hydrogen-bond donors (Lipinski definition) is 1. The lowest BCUT2D eigenvalue weighted by molar-refractivity contribution is 0.298. The summed E-state index contributed by atoms with van der Waals surface area (Å²) in [5, 5.41) is 0. The van der Waals surface area contributed by atoms with Crippen LogP contribution < -0.4 is 15.2 Å². The molecule has 0 aliphatic carbocycles. The van der Waals surface area contributed by atoms with Gasteiger partial charge in [0, 0.05) is 5.56 Å². The minimum Gasteiger partial charge on any atom is -0.497 e. The first-order valence-corrected chi connectivity index (χ1v) is 6.47. The normalized spacial score (nSPS) is 9.67. The molecular weight excluding hydrogens is 269 g/mol. The minimum absolute atomic E-state index is 0.135. The summed E-state index contributed by atoms with van der Waals surface area (Å²) in [6, 6.07) is 11.8. The third-order valence-electron chi connectivity index (χ3n) is 2.85. The molecule has 0 aromatic heterocycles. The SMILES string of the molecule is COc1ccc(OCc2ccccc2F)c(C#CCN)c1. The van der Waals surface area contributed by atoms with Crippen LogP contribution in [-0.4, -0.2) is 13.7 Å². The van der Waals surface area contributed by atoms with Crippen molar-refractivity contribution in [3.63, 3.8) is 0 Å². The van der Waals surface area contributed by atoms with Gasteiger partial charge in [0.1, 0.15) is 23.9 Å². The fraction of sp³-hybridized carbons (Fsp3) is 0.176. The summed E-state index contributed by atoms with van der Waals surface area (Å²) in [6.07, 6.45) is 0. The highest BCUT2D eigenvalue weighted by atomic mass is 19.1. The Kier molecular flexibility index (Phi) is 5.19. The van der Waals surface area contributed by atoms with Gasteiger partial charge >= 0.3 is 0 Å². The van der Waals surface area contributed by atoms with Gasteiger partial charge in [0.2, 0.25) is 0 Å². The van der Waals surface area contributed by atoms with Crippen LogP contribution in [0, 0.1) is 17.7 Å². The van der Waals surface area contributed by atoms with E-state index in [1.165, 1.54) is 6.07 Å². The fourth-order valence-corrected chi connectivity index (χ4v) is 1.78. The third-order valence-corrected chi connectivity index (χ3v) is 2.85. The molecule has 0 radical (unpaired) electrons. The van der Waals surface area contributed by atoms with Crippen LogP contribution in [0.25, 0.3) is 0 Å². The predicted molar refractivity (Wildman–Crippen MR) is 79.7 cm³/mol. The molecule has 2 N–H and O–H groups in total. The summed E-state index contributed by atoms with van der Waals surface area (Å²) in [4.78, 5) is 0. The van der Waals surface area contributed by atoms with Crippen molar-refractivity contribution < 1.29 is 13.9 Å². The molecule has 3 nitrogen and oxygen atoms in total. The van der Waals surface area contributed by atoms with E-state index in [2.05, 4.69) is 11.8 Å². The van der Waals surface area contributed by atoms with Crippen molar-refractivity contribution in [1.29, 1.82) is 0 Å². The van der Waals surface area contributed by atoms with Gasteiger partial charge in [0.05, 0.1) is 19.2 Å². The van der Waals surface area contributed by atoms with Gasteiger partial charge in [-0.1, -0.05) is 30.0 Å². The zero-order valence-corrected chi connectivity index (χ0v) is 11.7. The van der Waals surface area contributed by atoms with Crippen LogP contribution in [0.1, 0.15) is 11.1 Å². The molecule has 2 aromatic rings. The second-order valence-electron chi connectivity index (χ2n) is 4.25. The lowest BCUT2D eigenvalue weighted by Crippen LogP contribution is -2.00. The van der Waals surface area contributed by atoms with Crippen molar-refractivity contribution in [3.05, 3.63) is 59.4 Å². The van der Waals surface area contributed by atoms with Crippen LogP contribution in [0.15, 0.2) is 42.5 Å². The quantitative estimate of drug-likeness (QED) is 0.878. The summed E-state index contributed by atoms with van der Waals surface area (Å²) in [5.41, 5.74) is 6.54. The standard InChI is InChI=1S/C17H16FNO2/c1-20-15-8-9-17(13(11-15)6-4-10-19)21-12-14-5-2-3-7-16(14)18/h2-3,5,7-9,11H,10,12,19H2,1H3. The van der Waals surface area contributed by atoms with Gasteiger partial charge in [-0.2, -0.15) is 0 Å². The number of methoxy groups -OCH3 is 1. The summed E-state index contributed by atoms with van der Waals surface area (Å²) in [5.74, 6) is 6.65. The zero-order chi connectivity index (χ0) is 15.1. The van der Waals surface area contributed by atoms with Crippen molar-refractivity contribution in [3.8, 4) is 23.3 Å². The van der Waals surface area contributed by atoms with Crippen molar-refractivity contribution >= 4 is 0 Å². The van der Waals surface area contributed by atoms with Gasteiger partial charge in [0.15, 0.2) is 0 Å². The summed E-state index contributed by atoms with van der Waals surface area (Å²) in [7, 11) is 1.58. The largest absolute Gasteiger partial charge is 0.497 e. The van der Waals surface area contributed by atoms with Gasteiger partial charge in [-0.15, -0.1) is 0 Å². The van der Waals surface area contributed by atoms with Gasteiger partial charge in [0.25, 0.3) is 0 Å². The summed E-state index contributed by atoms with van der Waals surface area (Å²) >= 11 is 0. The van der Waals surface area contributed by atoms with E-state index in [9.17, 15) is 4.39 Å². The van der Waals surface area contributed by atoms with Crippen molar-refractivity contribution in [2.75, 3.05) is 13.7 Å². The van der Waals surface area contributed by atoms with Crippen LogP contribution in [0.5, 0.6) is 11.5 Å². The van der Waals surface area contributed by atoms with Gasteiger partial charge < -0.3 is 15.2 Å². The molecule has 2 aromatic carbocycles.